The van der Waals surface area contributed by atoms with Gasteiger partial charge < -0.3 is 5.32 Å². The van der Waals surface area contributed by atoms with Gasteiger partial charge >= 0.3 is 6.55 Å². The van der Waals surface area contributed by atoms with Crippen LogP contribution < -0.4 is 10.0 Å². The van der Waals surface area contributed by atoms with Gasteiger partial charge in [0.25, 0.3) is 0 Å². The molecule has 2 N–H and O–H groups in total. The van der Waals surface area contributed by atoms with Gasteiger partial charge in [-0.1, -0.05) is 12.1 Å². The molecule has 2 rings (SSSR count). The van der Waals surface area contributed by atoms with E-state index in [4.69, 9.17) is 0 Å². The maximum Gasteiger partial charge on any atom is 0.319 e. The molecule has 10 heteroatoms. The van der Waals surface area contributed by atoms with Crippen molar-refractivity contribution >= 4 is 27.7 Å². The zero-order valence-electron chi connectivity index (χ0n) is 13.9. The summed E-state index contributed by atoms with van der Waals surface area (Å²) in [5.41, 5.74) is 1.12. The van der Waals surface area contributed by atoms with E-state index in [1.165, 1.54) is 18.5 Å². The van der Waals surface area contributed by atoms with Crippen LogP contribution in [-0.4, -0.2) is 36.7 Å². The molecule has 0 radical (unpaired) electrons. The number of carbonyl (C=O) groups excluding carboxylic acids is 1. The Labute approximate surface area is 149 Å². The van der Waals surface area contributed by atoms with Gasteiger partial charge in [-0.25, -0.2) is 13.4 Å². The van der Waals surface area contributed by atoms with E-state index in [1.54, 1.807) is 30.3 Å². The van der Waals surface area contributed by atoms with Crippen LogP contribution in [0.25, 0.3) is 6.08 Å². The van der Waals surface area contributed by atoms with Gasteiger partial charge in [0.15, 0.2) is 0 Å². The Bertz CT molecular complexity index is 877. The number of rotatable bonds is 8. The number of imidazole rings is 1. The summed E-state index contributed by atoms with van der Waals surface area (Å²) in [4.78, 5) is 15.6. The third-order valence-corrected chi connectivity index (χ3v) is 3.85. The number of anilines is 1. The van der Waals surface area contributed by atoms with E-state index in [0.29, 0.717) is 11.3 Å². The Morgan fingerprint density at radius 1 is 1.31 bits per heavy atom. The number of carbonyl (C=O) groups is 1. The van der Waals surface area contributed by atoms with Gasteiger partial charge in [0.05, 0.1) is 6.26 Å². The Morgan fingerprint density at radius 3 is 2.62 bits per heavy atom. The van der Waals surface area contributed by atoms with E-state index in [2.05, 4.69) is 15.0 Å². The van der Waals surface area contributed by atoms with Crippen LogP contribution in [0.5, 0.6) is 0 Å². The third-order valence-electron chi connectivity index (χ3n) is 3.25. The number of nitrogens with zero attached hydrogens (tertiary/aromatic N) is 2. The molecule has 2 aromatic rings. The minimum atomic E-state index is -3.34. The number of sulfonamides is 1. The van der Waals surface area contributed by atoms with Gasteiger partial charge in [-0.3, -0.25) is 14.1 Å². The molecule has 1 aromatic carbocycles. The third kappa shape index (κ3) is 6.28. The van der Waals surface area contributed by atoms with E-state index in [0.717, 1.165) is 10.8 Å². The quantitative estimate of drug-likeness (QED) is 0.681. The van der Waals surface area contributed by atoms with Crippen molar-refractivity contribution in [3.63, 3.8) is 0 Å². The number of aromatic nitrogens is 2. The zero-order chi connectivity index (χ0) is 19.2. The summed E-state index contributed by atoms with van der Waals surface area (Å²) in [5.74, 6) is -0.184. The van der Waals surface area contributed by atoms with E-state index in [-0.39, 0.29) is 24.7 Å². The highest BCUT2D eigenvalue weighted by molar-refractivity contribution is 7.92. The molecular weight excluding hydrogens is 366 g/mol. The average molecular weight is 384 g/mol. The van der Waals surface area contributed by atoms with Crippen molar-refractivity contribution in [2.45, 2.75) is 13.0 Å². The van der Waals surface area contributed by atoms with Crippen LogP contribution in [0.3, 0.4) is 0 Å². The van der Waals surface area contributed by atoms with Crippen LogP contribution in [0.2, 0.25) is 0 Å². The zero-order valence-corrected chi connectivity index (χ0v) is 14.7. The Balaban J connectivity index is 1.82. The first kappa shape index (κ1) is 19.6. The predicted molar refractivity (Wildman–Crippen MR) is 94.1 cm³/mol. The van der Waals surface area contributed by atoms with Crippen molar-refractivity contribution in [1.82, 2.24) is 14.9 Å². The summed E-state index contributed by atoms with van der Waals surface area (Å²) in [6.07, 6.45) is 6.56. The van der Waals surface area contributed by atoms with Gasteiger partial charge in [0, 0.05) is 37.1 Å². The summed E-state index contributed by atoms with van der Waals surface area (Å²) in [6.45, 7) is -2.49. The number of alkyl halides is 2. The minimum absolute atomic E-state index is 0.171. The standard InChI is InChI=1S/C16H18F2N4O3S/c1-26(24,25)21-13-5-2-12(3-6-13)4-7-15(23)20-9-8-14-19-10-11-22(14)16(17)18/h2-7,10-11,16,21H,8-9H2,1H3,(H,20,23)/b7-4+. The number of halogens is 2. The largest absolute Gasteiger partial charge is 0.352 e. The molecule has 0 bridgehead atoms. The molecule has 0 saturated heterocycles. The van der Waals surface area contributed by atoms with Crippen molar-refractivity contribution in [2.24, 2.45) is 0 Å². The SMILES string of the molecule is CS(=O)(=O)Nc1ccc(/C=C/C(=O)NCCc2nccn2C(F)F)cc1. The minimum Gasteiger partial charge on any atom is -0.352 e. The smallest absolute Gasteiger partial charge is 0.319 e. The Morgan fingerprint density at radius 2 is 2.00 bits per heavy atom. The van der Waals surface area contributed by atoms with Crippen LogP contribution in [-0.2, 0) is 21.2 Å². The Kier molecular flexibility index (Phi) is 6.45. The molecule has 1 heterocycles. The molecule has 0 spiro atoms. The number of hydrogen-bond donors (Lipinski definition) is 2. The van der Waals surface area contributed by atoms with Crippen molar-refractivity contribution < 1.29 is 22.0 Å². The van der Waals surface area contributed by atoms with E-state index >= 15 is 0 Å². The van der Waals surface area contributed by atoms with Crippen molar-refractivity contribution in [3.05, 3.63) is 54.1 Å². The van der Waals surface area contributed by atoms with E-state index in [9.17, 15) is 22.0 Å². The molecule has 0 aliphatic rings. The van der Waals surface area contributed by atoms with Gasteiger partial charge in [-0.2, -0.15) is 8.78 Å². The molecule has 1 aromatic heterocycles. The van der Waals surface area contributed by atoms with Crippen molar-refractivity contribution in [1.29, 1.82) is 0 Å². The molecule has 0 aliphatic carbocycles. The summed E-state index contributed by atoms with van der Waals surface area (Å²) >= 11 is 0. The highest BCUT2D eigenvalue weighted by Crippen LogP contribution is 2.13. The predicted octanol–water partition coefficient (Wildman–Crippen LogP) is 2.02. The van der Waals surface area contributed by atoms with Crippen LogP contribution in [0.15, 0.2) is 42.7 Å². The lowest BCUT2D eigenvalue weighted by atomic mass is 10.2. The Hall–Kier alpha value is -2.75. The fourth-order valence-electron chi connectivity index (χ4n) is 2.12. The highest BCUT2D eigenvalue weighted by Gasteiger charge is 2.10. The summed E-state index contributed by atoms with van der Waals surface area (Å²) in [6, 6.07) is 6.44. The maximum absolute atomic E-state index is 12.7. The van der Waals surface area contributed by atoms with Crippen LogP contribution in [0.4, 0.5) is 14.5 Å². The molecule has 0 saturated carbocycles. The molecule has 140 valence electrons. The van der Waals surface area contributed by atoms with Crippen LogP contribution in [0, 0.1) is 0 Å². The molecule has 0 aliphatic heterocycles. The second-order valence-corrected chi connectivity index (χ2v) is 7.15. The second kappa shape index (κ2) is 8.56. The average Bonchev–Trinajstić information content (AvgIpc) is 3.01. The van der Waals surface area contributed by atoms with Gasteiger partial charge in [-0.15, -0.1) is 0 Å². The molecule has 0 atom stereocenters. The lowest BCUT2D eigenvalue weighted by Crippen LogP contribution is -2.24. The summed E-state index contributed by atoms with van der Waals surface area (Å²) < 4.78 is 50.6. The molecule has 0 unspecified atom stereocenters. The van der Waals surface area contributed by atoms with Crippen molar-refractivity contribution in [3.8, 4) is 0 Å². The second-order valence-electron chi connectivity index (χ2n) is 5.40. The molecule has 7 nitrogen and oxygen atoms in total. The fourth-order valence-corrected chi connectivity index (χ4v) is 2.68. The summed E-state index contributed by atoms with van der Waals surface area (Å²) in [7, 11) is -3.34. The summed E-state index contributed by atoms with van der Waals surface area (Å²) in [5, 5.41) is 2.58. The lowest BCUT2D eigenvalue weighted by molar-refractivity contribution is -0.116. The number of hydrogen-bond acceptors (Lipinski definition) is 4. The molecule has 26 heavy (non-hydrogen) atoms. The number of nitrogens with one attached hydrogen (secondary N) is 2. The first-order chi connectivity index (χ1) is 12.2. The van der Waals surface area contributed by atoms with Crippen LogP contribution in [0.1, 0.15) is 17.9 Å². The first-order valence-corrected chi connectivity index (χ1v) is 9.47. The number of amides is 1. The van der Waals surface area contributed by atoms with Crippen LogP contribution >= 0.6 is 0 Å². The highest BCUT2D eigenvalue weighted by atomic mass is 32.2. The first-order valence-electron chi connectivity index (χ1n) is 7.58. The lowest BCUT2D eigenvalue weighted by Gasteiger charge is -2.06. The number of benzene rings is 1. The molecular formula is C16H18F2N4O3S. The fraction of sp³-hybridized carbons (Fsp3) is 0.250. The van der Waals surface area contributed by atoms with Gasteiger partial charge in [0.2, 0.25) is 15.9 Å². The van der Waals surface area contributed by atoms with Gasteiger partial charge in [0.1, 0.15) is 5.82 Å². The molecule has 0 fully saturated rings. The normalized spacial score (nSPS) is 11.8. The van der Waals surface area contributed by atoms with Crippen molar-refractivity contribution in [2.75, 3.05) is 17.5 Å². The maximum atomic E-state index is 12.7. The molecule has 1 amide bonds. The monoisotopic (exact) mass is 384 g/mol. The van der Waals surface area contributed by atoms with E-state index in [1.807, 2.05) is 0 Å². The topological polar surface area (TPSA) is 93.1 Å². The van der Waals surface area contributed by atoms with Gasteiger partial charge in [-0.05, 0) is 23.8 Å². The van der Waals surface area contributed by atoms with E-state index < -0.39 is 16.6 Å².